The van der Waals surface area contributed by atoms with Crippen LogP contribution in [0.1, 0.15) is 25.3 Å². The normalized spacial score (nSPS) is 27.1. The monoisotopic (exact) mass is 314 g/mol. The summed E-state index contributed by atoms with van der Waals surface area (Å²) < 4.78 is 0. The largest absolute Gasteiger partial charge is 0.507 e. The average molecular weight is 314 g/mol. The van der Waals surface area contributed by atoms with Gasteiger partial charge in [0.1, 0.15) is 11.6 Å². The van der Waals surface area contributed by atoms with Crippen LogP contribution < -0.4 is 17.2 Å². The Labute approximate surface area is 137 Å². The predicted molar refractivity (Wildman–Crippen MR) is 92.6 cm³/mol. The number of hydrogen-bond donors (Lipinski definition) is 4. The van der Waals surface area contributed by atoms with Gasteiger partial charge in [-0.2, -0.15) is 0 Å². The molecule has 3 rings (SSSR count). The molecule has 0 spiro atoms. The van der Waals surface area contributed by atoms with E-state index in [1.54, 1.807) is 24.3 Å². The third kappa shape index (κ3) is 3.38. The van der Waals surface area contributed by atoms with Gasteiger partial charge in [0, 0.05) is 24.4 Å². The molecule has 2 aliphatic rings. The molecule has 124 valence electrons. The Morgan fingerprint density at radius 1 is 1.13 bits per heavy atom. The Balaban J connectivity index is 1.89. The van der Waals surface area contributed by atoms with E-state index in [0.29, 0.717) is 17.2 Å². The highest BCUT2D eigenvalue weighted by Gasteiger charge is 2.41. The van der Waals surface area contributed by atoms with Crippen LogP contribution in [0, 0.1) is 17.8 Å². The minimum Gasteiger partial charge on any atom is -0.507 e. The van der Waals surface area contributed by atoms with E-state index in [-0.39, 0.29) is 11.6 Å². The summed E-state index contributed by atoms with van der Waals surface area (Å²) in [7, 11) is 0. The molecule has 7 N–H and O–H groups in total. The van der Waals surface area contributed by atoms with Crippen LogP contribution >= 0.6 is 0 Å². The summed E-state index contributed by atoms with van der Waals surface area (Å²) in [4.78, 5) is 2.25. The van der Waals surface area contributed by atoms with Gasteiger partial charge in [-0.3, -0.25) is 0 Å². The second-order valence-corrected chi connectivity index (χ2v) is 6.96. The van der Waals surface area contributed by atoms with Gasteiger partial charge in [-0.05, 0) is 48.8 Å². The fourth-order valence-corrected chi connectivity index (χ4v) is 3.64. The molecule has 2 fully saturated rings. The molecule has 0 amide bonds. The second-order valence-electron chi connectivity index (χ2n) is 6.96. The number of likely N-dealkylation sites (tertiary alicyclic amines) is 1. The van der Waals surface area contributed by atoms with E-state index in [9.17, 15) is 5.11 Å². The van der Waals surface area contributed by atoms with Gasteiger partial charge < -0.3 is 27.2 Å². The maximum Gasteiger partial charge on any atom is 0.124 e. The number of aromatic hydroxyl groups is 1. The van der Waals surface area contributed by atoms with Crippen molar-refractivity contribution >= 4 is 5.70 Å². The first-order valence-electron chi connectivity index (χ1n) is 8.21. The molecule has 0 radical (unpaired) electrons. The molecule has 1 aliphatic heterocycles. The van der Waals surface area contributed by atoms with Crippen molar-refractivity contribution in [3.05, 3.63) is 47.4 Å². The van der Waals surface area contributed by atoms with E-state index in [1.807, 2.05) is 6.07 Å². The number of nitrogens with two attached hydrogens (primary N) is 3. The number of hydrogen-bond acceptors (Lipinski definition) is 5. The summed E-state index contributed by atoms with van der Waals surface area (Å²) in [6.07, 6.45) is 4.37. The van der Waals surface area contributed by atoms with Crippen LogP contribution in [0.5, 0.6) is 5.75 Å². The molecule has 0 bridgehead atoms. The van der Waals surface area contributed by atoms with Crippen molar-refractivity contribution in [1.82, 2.24) is 4.90 Å². The molecule has 1 unspecified atom stereocenters. The molecule has 1 saturated heterocycles. The lowest BCUT2D eigenvalue weighted by molar-refractivity contribution is 0.305. The summed E-state index contributed by atoms with van der Waals surface area (Å²) in [5.74, 6) is 2.64. The van der Waals surface area contributed by atoms with Crippen molar-refractivity contribution in [2.24, 2.45) is 35.0 Å². The van der Waals surface area contributed by atoms with E-state index in [0.717, 1.165) is 30.6 Å². The van der Waals surface area contributed by atoms with Gasteiger partial charge in [-0.25, -0.2) is 0 Å². The molecule has 0 aromatic heterocycles. The highest BCUT2D eigenvalue weighted by Crippen LogP contribution is 2.46. The third-order valence-corrected chi connectivity index (χ3v) is 4.90. The molecule has 1 saturated carbocycles. The van der Waals surface area contributed by atoms with Crippen molar-refractivity contribution in [2.45, 2.75) is 19.8 Å². The van der Waals surface area contributed by atoms with Gasteiger partial charge in [-0.1, -0.05) is 19.1 Å². The number of phenolic OH excluding ortho intramolecular Hbond substituents is 1. The topological polar surface area (TPSA) is 102 Å². The van der Waals surface area contributed by atoms with Gasteiger partial charge in [0.25, 0.3) is 0 Å². The minimum absolute atomic E-state index is 0.155. The Kier molecular flexibility index (Phi) is 4.11. The van der Waals surface area contributed by atoms with E-state index in [2.05, 4.69) is 11.8 Å². The first-order valence-corrected chi connectivity index (χ1v) is 8.21. The van der Waals surface area contributed by atoms with Crippen LogP contribution in [0.25, 0.3) is 5.70 Å². The van der Waals surface area contributed by atoms with Crippen LogP contribution in [0.3, 0.4) is 0 Å². The smallest absolute Gasteiger partial charge is 0.124 e. The van der Waals surface area contributed by atoms with E-state index in [1.165, 1.54) is 12.8 Å². The molecular weight excluding hydrogens is 288 g/mol. The minimum atomic E-state index is 0.155. The Hall–Kier alpha value is -2.30. The van der Waals surface area contributed by atoms with Gasteiger partial charge in [0.05, 0.1) is 5.70 Å². The van der Waals surface area contributed by atoms with Crippen LogP contribution in [-0.4, -0.2) is 23.1 Å². The van der Waals surface area contributed by atoms with E-state index in [4.69, 9.17) is 17.2 Å². The molecule has 3 atom stereocenters. The van der Waals surface area contributed by atoms with Crippen LogP contribution in [-0.2, 0) is 0 Å². The Bertz CT molecular complexity index is 646. The number of rotatable bonds is 3. The maximum absolute atomic E-state index is 9.97. The van der Waals surface area contributed by atoms with Crippen molar-refractivity contribution in [1.29, 1.82) is 0 Å². The molecular formula is C18H26N4O. The lowest BCUT2D eigenvalue weighted by atomic mass is 10.0. The summed E-state index contributed by atoms with van der Waals surface area (Å²) in [5, 5.41) is 9.97. The lowest BCUT2D eigenvalue weighted by Gasteiger charge is -2.28. The van der Waals surface area contributed by atoms with Crippen molar-refractivity contribution < 1.29 is 5.11 Å². The first kappa shape index (κ1) is 15.6. The lowest BCUT2D eigenvalue weighted by Crippen LogP contribution is -2.32. The predicted octanol–water partition coefficient (Wildman–Crippen LogP) is 1.76. The highest BCUT2D eigenvalue weighted by atomic mass is 16.3. The zero-order chi connectivity index (χ0) is 16.6. The third-order valence-electron chi connectivity index (χ3n) is 4.90. The van der Waals surface area contributed by atoms with Gasteiger partial charge in [0.15, 0.2) is 0 Å². The van der Waals surface area contributed by atoms with Crippen LogP contribution in [0.4, 0.5) is 0 Å². The van der Waals surface area contributed by atoms with Gasteiger partial charge >= 0.3 is 0 Å². The quantitative estimate of drug-likeness (QED) is 0.637. The Morgan fingerprint density at radius 2 is 1.87 bits per heavy atom. The summed E-state index contributed by atoms with van der Waals surface area (Å²) in [5.41, 5.74) is 19.9. The number of phenols is 1. The van der Waals surface area contributed by atoms with Crippen LogP contribution in [0.2, 0.25) is 0 Å². The fourth-order valence-electron chi connectivity index (χ4n) is 3.64. The number of fused-ring (bicyclic) bond motifs is 1. The van der Waals surface area contributed by atoms with Crippen molar-refractivity contribution in [2.75, 3.05) is 13.1 Å². The van der Waals surface area contributed by atoms with Crippen LogP contribution in [0.15, 0.2) is 41.9 Å². The number of benzene rings is 1. The molecule has 1 aromatic carbocycles. The van der Waals surface area contributed by atoms with Gasteiger partial charge in [0.2, 0.25) is 0 Å². The van der Waals surface area contributed by atoms with Crippen molar-refractivity contribution in [3.63, 3.8) is 0 Å². The SMILES string of the molecule is C[C@@H]1CC2C[C@H]2CN(C(/C=C(\N)c2ccccc2O)=C(N)N)C1. The standard InChI is InChI=1S/C18H26N4O/c1-11-6-12-7-13(12)10-22(9-11)16(18(20)21)8-15(19)14-4-2-3-5-17(14)23/h2-5,8,11-13,23H,6-7,9-10,19-21H2,1H3/b15-8-/t11-,12?,13+/m1/s1. The molecule has 1 aromatic rings. The molecule has 1 heterocycles. The van der Waals surface area contributed by atoms with E-state index >= 15 is 0 Å². The van der Waals surface area contributed by atoms with Crippen molar-refractivity contribution in [3.8, 4) is 5.75 Å². The zero-order valence-electron chi connectivity index (χ0n) is 13.6. The molecule has 1 aliphatic carbocycles. The maximum atomic E-state index is 9.97. The first-order chi connectivity index (χ1) is 11.0. The molecule has 5 nitrogen and oxygen atoms in total. The fraction of sp³-hybridized carbons (Fsp3) is 0.444. The number of nitrogens with zero attached hydrogens (tertiary/aromatic N) is 1. The Morgan fingerprint density at radius 3 is 2.57 bits per heavy atom. The summed E-state index contributed by atoms with van der Waals surface area (Å²) in [6.45, 7) is 4.19. The summed E-state index contributed by atoms with van der Waals surface area (Å²) >= 11 is 0. The van der Waals surface area contributed by atoms with E-state index < -0.39 is 0 Å². The van der Waals surface area contributed by atoms with Gasteiger partial charge in [-0.15, -0.1) is 0 Å². The number of allylic oxidation sites excluding steroid dienone is 1. The summed E-state index contributed by atoms with van der Waals surface area (Å²) in [6, 6.07) is 7.01. The second kappa shape index (κ2) is 6.07. The molecule has 5 heteroatoms. The molecule has 23 heavy (non-hydrogen) atoms. The highest BCUT2D eigenvalue weighted by molar-refractivity contribution is 5.69. The average Bonchev–Trinajstić information content (AvgIpc) is 3.22. The number of para-hydroxylation sites is 1. The zero-order valence-corrected chi connectivity index (χ0v) is 13.6.